The van der Waals surface area contributed by atoms with Crippen molar-refractivity contribution in [1.29, 1.82) is 0 Å². The van der Waals surface area contributed by atoms with Gasteiger partial charge in [-0.15, -0.1) is 12.8 Å². The predicted molar refractivity (Wildman–Crippen MR) is 163 cm³/mol. The van der Waals surface area contributed by atoms with Gasteiger partial charge in [-0.3, -0.25) is 0 Å². The summed E-state index contributed by atoms with van der Waals surface area (Å²) in [4.78, 5) is 23.7. The van der Waals surface area contributed by atoms with Gasteiger partial charge in [0.05, 0.1) is 0 Å². The van der Waals surface area contributed by atoms with Crippen LogP contribution in [0.3, 0.4) is 0 Å². The van der Waals surface area contributed by atoms with Crippen molar-refractivity contribution in [3.05, 3.63) is 0 Å². The Kier molecular flexibility index (Phi) is 8.85. The second kappa shape index (κ2) is 12.2. The molecular formula is C36H52O10. The van der Waals surface area contributed by atoms with Crippen LogP contribution in [0.1, 0.15) is 92.9 Å². The summed E-state index contributed by atoms with van der Waals surface area (Å²) in [5, 5.41) is 0. The Labute approximate surface area is 273 Å². The summed E-state index contributed by atoms with van der Waals surface area (Å²) < 4.78 is 36.4. The zero-order valence-electron chi connectivity index (χ0n) is 28.2. The molecule has 256 valence electrons. The van der Waals surface area contributed by atoms with Crippen molar-refractivity contribution in [2.75, 3.05) is 13.2 Å². The van der Waals surface area contributed by atoms with Crippen LogP contribution in [0.5, 0.6) is 0 Å². The number of ether oxygens (including phenoxy) is 6. The van der Waals surface area contributed by atoms with E-state index in [9.17, 15) is 0 Å². The quantitative estimate of drug-likeness (QED) is 0.281. The maximum absolute atomic E-state index is 6.23. The van der Waals surface area contributed by atoms with Crippen molar-refractivity contribution in [3.8, 4) is 24.7 Å². The van der Waals surface area contributed by atoms with Crippen molar-refractivity contribution in [1.82, 2.24) is 0 Å². The second-order valence-electron chi connectivity index (χ2n) is 15.6. The van der Waals surface area contributed by atoms with Gasteiger partial charge in [0, 0.05) is 36.5 Å². The summed E-state index contributed by atoms with van der Waals surface area (Å²) in [7, 11) is 0. The number of hydrogen-bond donors (Lipinski definition) is 0. The third-order valence-corrected chi connectivity index (χ3v) is 12.9. The van der Waals surface area contributed by atoms with Gasteiger partial charge in [-0.05, 0) is 76.0 Å². The molecular weight excluding hydrogens is 592 g/mol. The molecule has 10 aliphatic rings. The Morgan fingerprint density at radius 3 is 1.39 bits per heavy atom. The fraction of sp³-hybridized carbons (Fsp3) is 0.889. The molecule has 0 radical (unpaired) electrons. The zero-order chi connectivity index (χ0) is 32.5. The topological polar surface area (TPSA) is 92.3 Å². The summed E-state index contributed by atoms with van der Waals surface area (Å²) in [6.45, 7) is 13.3. The molecule has 10 rings (SSSR count). The minimum atomic E-state index is -0.741. The van der Waals surface area contributed by atoms with Gasteiger partial charge < -0.3 is 28.4 Å². The lowest BCUT2D eigenvalue weighted by Crippen LogP contribution is -2.70. The highest BCUT2D eigenvalue weighted by Gasteiger charge is 2.71. The lowest BCUT2D eigenvalue weighted by Gasteiger charge is -2.60. The summed E-state index contributed by atoms with van der Waals surface area (Å²) in [5.41, 5.74) is -1.05. The van der Waals surface area contributed by atoms with Crippen LogP contribution < -0.4 is 0 Å². The Morgan fingerprint density at radius 1 is 0.587 bits per heavy atom. The van der Waals surface area contributed by atoms with Gasteiger partial charge >= 0.3 is 0 Å². The summed E-state index contributed by atoms with van der Waals surface area (Å²) in [6.07, 6.45) is 17.3. The molecule has 10 heteroatoms. The van der Waals surface area contributed by atoms with Crippen molar-refractivity contribution >= 4 is 0 Å². The Morgan fingerprint density at radius 2 is 1.00 bits per heavy atom. The van der Waals surface area contributed by atoms with E-state index in [2.05, 4.69) is 39.5 Å². The normalized spacial score (nSPS) is 54.9. The number of hydrogen-bond acceptors (Lipinski definition) is 10. The summed E-state index contributed by atoms with van der Waals surface area (Å²) >= 11 is 0. The van der Waals surface area contributed by atoms with Crippen LogP contribution in [0, 0.1) is 72.0 Å². The molecule has 4 bridgehead atoms. The van der Waals surface area contributed by atoms with Crippen molar-refractivity contribution < 1.29 is 48.0 Å². The molecule has 8 aliphatic heterocycles. The van der Waals surface area contributed by atoms with Gasteiger partial charge in [0.25, 0.3) is 0 Å². The fourth-order valence-electron chi connectivity index (χ4n) is 10.4. The monoisotopic (exact) mass is 644 g/mol. The van der Waals surface area contributed by atoms with Gasteiger partial charge in [0.15, 0.2) is 36.4 Å². The largest absolute Gasteiger partial charge is 0.340 e. The molecule has 0 unspecified atom stereocenters. The van der Waals surface area contributed by atoms with Gasteiger partial charge in [0.1, 0.15) is 13.2 Å². The highest BCUT2D eigenvalue weighted by atomic mass is 17.3. The second-order valence-corrected chi connectivity index (χ2v) is 15.6. The first-order valence-corrected chi connectivity index (χ1v) is 17.5. The van der Waals surface area contributed by atoms with E-state index in [0.717, 1.165) is 38.5 Å². The standard InChI is InChI=1S/2C18H26O5/c2*1-5-10-19-15-12(3)14-7-6-11(2)13-8-9-17(4)21-16(20-15)18(13,14)23-22-17/h2*1,11-16H,6-10H2,2-4H3/t2*11-,12-,13+,14+,15-,16-,17+,18-/m11/s1. The Bertz CT molecular complexity index is 1120. The Hall–Kier alpha value is -1.28. The number of terminal acetylenes is 2. The van der Waals surface area contributed by atoms with Crippen LogP contribution in [0.25, 0.3) is 0 Å². The molecule has 2 aliphatic carbocycles. The first-order chi connectivity index (χ1) is 22.0. The zero-order valence-corrected chi connectivity index (χ0v) is 28.2. The Balaban J connectivity index is 0.000000147. The molecule has 0 aromatic heterocycles. The lowest BCUT2D eigenvalue weighted by atomic mass is 9.58. The van der Waals surface area contributed by atoms with Gasteiger partial charge in [-0.2, -0.15) is 0 Å². The third kappa shape index (κ3) is 5.10. The molecule has 46 heavy (non-hydrogen) atoms. The van der Waals surface area contributed by atoms with Crippen LogP contribution in [-0.4, -0.2) is 61.2 Å². The lowest BCUT2D eigenvalue weighted by molar-refractivity contribution is -0.577. The van der Waals surface area contributed by atoms with Crippen molar-refractivity contribution in [3.63, 3.8) is 0 Å². The minimum absolute atomic E-state index is 0.184. The fourth-order valence-corrected chi connectivity index (χ4v) is 10.4. The molecule has 16 atom stereocenters. The van der Waals surface area contributed by atoms with E-state index in [1.807, 2.05) is 13.8 Å². The van der Waals surface area contributed by atoms with Gasteiger partial charge in [-0.1, -0.05) is 39.5 Å². The maximum atomic E-state index is 6.23. The molecule has 2 spiro atoms. The average molecular weight is 645 g/mol. The van der Waals surface area contributed by atoms with Crippen molar-refractivity contribution in [2.45, 2.75) is 141 Å². The maximum Gasteiger partial charge on any atom is 0.201 e. The summed E-state index contributed by atoms with van der Waals surface area (Å²) in [5.74, 6) is 6.41. The predicted octanol–water partition coefficient (Wildman–Crippen LogP) is 5.69. The highest BCUT2D eigenvalue weighted by Crippen LogP contribution is 2.62. The van der Waals surface area contributed by atoms with Gasteiger partial charge in [-0.25, -0.2) is 19.6 Å². The van der Waals surface area contributed by atoms with Crippen LogP contribution >= 0.6 is 0 Å². The summed E-state index contributed by atoms with van der Waals surface area (Å²) in [6, 6.07) is 0. The van der Waals surface area contributed by atoms with E-state index in [1.165, 1.54) is 12.8 Å². The molecule has 8 heterocycles. The van der Waals surface area contributed by atoms with Crippen LogP contribution in [-0.2, 0) is 48.0 Å². The van der Waals surface area contributed by atoms with E-state index in [0.29, 0.717) is 23.7 Å². The van der Waals surface area contributed by atoms with E-state index < -0.39 is 35.4 Å². The molecule has 10 fully saturated rings. The number of rotatable bonds is 4. The van der Waals surface area contributed by atoms with E-state index in [-0.39, 0.29) is 49.5 Å². The van der Waals surface area contributed by atoms with E-state index >= 15 is 0 Å². The SMILES string of the molecule is C#CCO[C@@H]1O[C@@H]2O[C@]3(C)CC[C@H]4[C@H](C)CC[C@@H]([C@H]1C)[C@@]24OO3.C#CCO[C@@H]1O[C@@H]2O[C@]3(C)CC[C@H]4[C@H](C)CC[C@@H]([C@H]1C)[C@@]24OO3. The van der Waals surface area contributed by atoms with Crippen molar-refractivity contribution in [2.24, 2.45) is 47.3 Å². The van der Waals surface area contributed by atoms with Crippen LogP contribution in [0.4, 0.5) is 0 Å². The van der Waals surface area contributed by atoms with E-state index in [4.69, 9.17) is 60.8 Å². The first kappa shape index (κ1) is 33.2. The van der Waals surface area contributed by atoms with Crippen LogP contribution in [0.2, 0.25) is 0 Å². The smallest absolute Gasteiger partial charge is 0.201 e. The average Bonchev–Trinajstić information content (AvgIpc) is 3.41. The minimum Gasteiger partial charge on any atom is -0.340 e. The molecule has 0 aromatic carbocycles. The highest BCUT2D eigenvalue weighted by molar-refractivity contribution is 5.10. The molecule has 0 aromatic rings. The molecule has 10 nitrogen and oxygen atoms in total. The molecule has 2 saturated carbocycles. The molecule has 8 saturated heterocycles. The first-order valence-electron chi connectivity index (χ1n) is 17.5. The third-order valence-electron chi connectivity index (χ3n) is 12.9. The van der Waals surface area contributed by atoms with Crippen LogP contribution in [0.15, 0.2) is 0 Å². The molecule has 0 N–H and O–H groups in total. The number of fused-ring (bicyclic) bond motifs is 4. The van der Waals surface area contributed by atoms with E-state index in [1.54, 1.807) is 0 Å². The van der Waals surface area contributed by atoms with Gasteiger partial charge in [0.2, 0.25) is 11.6 Å². The molecule has 0 amide bonds.